The molecule has 11 heteroatoms. The molecule has 0 unspecified atom stereocenters. The van der Waals surface area contributed by atoms with Crippen LogP contribution in [0.3, 0.4) is 0 Å². The zero-order valence-electron chi connectivity index (χ0n) is 14.3. The fraction of sp³-hybridized carbons (Fsp3) is 0.400. The van der Waals surface area contributed by atoms with Gasteiger partial charge in [-0.25, -0.2) is 22.7 Å². The highest BCUT2D eigenvalue weighted by Gasteiger charge is 2.19. The van der Waals surface area contributed by atoms with Crippen LogP contribution in [0, 0.1) is 0 Å². The van der Waals surface area contributed by atoms with Crippen molar-refractivity contribution in [1.82, 2.24) is 15.4 Å². The molecule has 0 bridgehead atoms. The third kappa shape index (κ3) is 6.62. The number of rotatable bonds is 8. The van der Waals surface area contributed by atoms with Crippen LogP contribution in [-0.4, -0.2) is 46.5 Å². The summed E-state index contributed by atoms with van der Waals surface area (Å²) in [6, 6.07) is 2.79. The van der Waals surface area contributed by atoms with Crippen molar-refractivity contribution in [3.63, 3.8) is 0 Å². The van der Waals surface area contributed by atoms with E-state index < -0.39 is 34.5 Å². The maximum atomic E-state index is 12.0. The average Bonchev–Trinajstić information content (AvgIpc) is 2.60. The standard InChI is InChI=1S/C15H20ClN3O6S/c1-3-4-7-18-15(22)19-13(20)9-25-14(21)11-8-10(5-6-12(11)16)26(23,24)17-2/h5-6,8,17H,3-4,7,9H2,1-2H3,(H2,18,19,20,22). The van der Waals surface area contributed by atoms with Crippen LogP contribution in [0.2, 0.25) is 5.02 Å². The lowest BCUT2D eigenvalue weighted by molar-refractivity contribution is -0.123. The third-order valence-electron chi connectivity index (χ3n) is 3.14. The second kappa shape index (κ2) is 10.1. The SMILES string of the molecule is CCCCNC(=O)NC(=O)COC(=O)c1cc(S(=O)(=O)NC)ccc1Cl. The molecular weight excluding hydrogens is 386 g/mol. The molecule has 0 heterocycles. The Kier molecular flexibility index (Phi) is 8.49. The van der Waals surface area contributed by atoms with Gasteiger partial charge in [0, 0.05) is 6.54 Å². The van der Waals surface area contributed by atoms with Crippen molar-refractivity contribution in [2.45, 2.75) is 24.7 Å². The second-order valence-electron chi connectivity index (χ2n) is 5.08. The molecule has 0 aliphatic carbocycles. The number of esters is 1. The van der Waals surface area contributed by atoms with Crippen molar-refractivity contribution in [2.24, 2.45) is 0 Å². The number of urea groups is 1. The van der Waals surface area contributed by atoms with E-state index in [1.165, 1.54) is 19.2 Å². The Hall–Kier alpha value is -2.17. The van der Waals surface area contributed by atoms with Gasteiger partial charge in [-0.3, -0.25) is 10.1 Å². The predicted octanol–water partition coefficient (Wildman–Crippen LogP) is 1.03. The number of halogens is 1. The molecule has 0 fully saturated rings. The molecule has 3 amide bonds. The highest BCUT2D eigenvalue weighted by molar-refractivity contribution is 7.89. The average molecular weight is 406 g/mol. The Bertz CT molecular complexity index is 782. The number of nitrogens with one attached hydrogen (secondary N) is 3. The number of hydrogen-bond donors (Lipinski definition) is 3. The first-order chi connectivity index (χ1) is 12.2. The van der Waals surface area contributed by atoms with E-state index in [4.69, 9.17) is 16.3 Å². The minimum atomic E-state index is -3.78. The van der Waals surface area contributed by atoms with E-state index in [9.17, 15) is 22.8 Å². The summed E-state index contributed by atoms with van der Waals surface area (Å²) in [5, 5.41) is 4.43. The lowest BCUT2D eigenvalue weighted by Crippen LogP contribution is -2.41. The number of amides is 3. The van der Waals surface area contributed by atoms with Gasteiger partial charge in [-0.2, -0.15) is 0 Å². The molecule has 144 valence electrons. The van der Waals surface area contributed by atoms with Crippen LogP contribution < -0.4 is 15.4 Å². The van der Waals surface area contributed by atoms with Crippen LogP contribution in [0.15, 0.2) is 23.1 Å². The molecule has 0 aliphatic rings. The molecule has 0 aliphatic heterocycles. The van der Waals surface area contributed by atoms with Gasteiger partial charge < -0.3 is 10.1 Å². The van der Waals surface area contributed by atoms with Crippen LogP contribution >= 0.6 is 11.6 Å². The zero-order valence-corrected chi connectivity index (χ0v) is 15.9. The predicted molar refractivity (Wildman–Crippen MR) is 94.4 cm³/mol. The van der Waals surface area contributed by atoms with Crippen LogP contribution in [0.4, 0.5) is 4.79 Å². The van der Waals surface area contributed by atoms with Crippen molar-refractivity contribution in [2.75, 3.05) is 20.2 Å². The Morgan fingerprint density at radius 1 is 1.23 bits per heavy atom. The molecule has 0 saturated heterocycles. The number of benzene rings is 1. The van der Waals surface area contributed by atoms with Crippen molar-refractivity contribution >= 4 is 39.5 Å². The first-order valence-corrected chi connectivity index (χ1v) is 9.55. The molecular formula is C15H20ClN3O6S. The highest BCUT2D eigenvalue weighted by atomic mass is 35.5. The fourth-order valence-corrected chi connectivity index (χ4v) is 2.69. The summed E-state index contributed by atoms with van der Waals surface area (Å²) in [5.74, 6) is -1.83. The zero-order chi connectivity index (χ0) is 19.7. The van der Waals surface area contributed by atoms with E-state index in [-0.39, 0.29) is 15.5 Å². The van der Waals surface area contributed by atoms with E-state index in [1.54, 1.807) is 0 Å². The van der Waals surface area contributed by atoms with E-state index >= 15 is 0 Å². The first kappa shape index (κ1) is 21.9. The first-order valence-electron chi connectivity index (χ1n) is 7.69. The largest absolute Gasteiger partial charge is 0.452 e. The molecule has 0 atom stereocenters. The van der Waals surface area contributed by atoms with Crippen LogP contribution in [-0.2, 0) is 19.6 Å². The normalized spacial score (nSPS) is 10.9. The van der Waals surface area contributed by atoms with Gasteiger partial charge in [-0.1, -0.05) is 24.9 Å². The van der Waals surface area contributed by atoms with Gasteiger partial charge >= 0.3 is 12.0 Å². The number of ether oxygens (including phenoxy) is 1. The minimum Gasteiger partial charge on any atom is -0.452 e. The second-order valence-corrected chi connectivity index (χ2v) is 7.38. The fourth-order valence-electron chi connectivity index (χ4n) is 1.74. The van der Waals surface area contributed by atoms with E-state index in [1.807, 2.05) is 12.2 Å². The van der Waals surface area contributed by atoms with E-state index in [2.05, 4.69) is 10.0 Å². The maximum Gasteiger partial charge on any atom is 0.340 e. The number of hydrogen-bond acceptors (Lipinski definition) is 6. The Balaban J connectivity index is 2.67. The van der Waals surface area contributed by atoms with Gasteiger partial charge in [0.25, 0.3) is 5.91 Å². The summed E-state index contributed by atoms with van der Waals surface area (Å²) in [4.78, 5) is 34.8. The quantitative estimate of drug-likeness (QED) is 0.437. The summed E-state index contributed by atoms with van der Waals surface area (Å²) >= 11 is 5.87. The summed E-state index contributed by atoms with van der Waals surface area (Å²) < 4.78 is 30.4. The van der Waals surface area contributed by atoms with Crippen molar-refractivity contribution in [3.8, 4) is 0 Å². The molecule has 26 heavy (non-hydrogen) atoms. The van der Waals surface area contributed by atoms with E-state index in [0.29, 0.717) is 6.54 Å². The van der Waals surface area contributed by atoms with Gasteiger partial charge in [-0.15, -0.1) is 0 Å². The van der Waals surface area contributed by atoms with Gasteiger partial charge in [0.2, 0.25) is 10.0 Å². The molecule has 1 rings (SSSR count). The van der Waals surface area contributed by atoms with Crippen molar-refractivity contribution < 1.29 is 27.5 Å². The lowest BCUT2D eigenvalue weighted by atomic mass is 10.2. The number of carbonyl (C=O) groups excluding carboxylic acids is 3. The van der Waals surface area contributed by atoms with Crippen molar-refractivity contribution in [3.05, 3.63) is 28.8 Å². The molecule has 3 N–H and O–H groups in total. The number of imide groups is 1. The van der Waals surface area contributed by atoms with E-state index in [0.717, 1.165) is 18.9 Å². The molecule has 0 aromatic heterocycles. The van der Waals surface area contributed by atoms with Gasteiger partial charge in [0.15, 0.2) is 6.61 Å². The number of unbranched alkanes of at least 4 members (excludes halogenated alkanes) is 1. The lowest BCUT2D eigenvalue weighted by Gasteiger charge is -2.09. The summed E-state index contributed by atoms with van der Waals surface area (Å²) in [6.07, 6.45) is 1.65. The summed E-state index contributed by atoms with van der Waals surface area (Å²) in [5.41, 5.74) is -0.219. The van der Waals surface area contributed by atoms with Crippen LogP contribution in [0.25, 0.3) is 0 Å². The molecule has 1 aromatic carbocycles. The molecule has 0 radical (unpaired) electrons. The maximum absolute atomic E-state index is 12.0. The molecule has 0 saturated carbocycles. The summed E-state index contributed by atoms with van der Waals surface area (Å²) in [7, 11) is -2.56. The van der Waals surface area contributed by atoms with Crippen LogP contribution in [0.1, 0.15) is 30.1 Å². The molecule has 1 aromatic rings. The Labute approximate surface area is 156 Å². The minimum absolute atomic E-state index is 0.0391. The van der Waals surface area contributed by atoms with Crippen molar-refractivity contribution in [1.29, 1.82) is 0 Å². The number of carbonyl (C=O) groups is 3. The Morgan fingerprint density at radius 3 is 2.54 bits per heavy atom. The Morgan fingerprint density at radius 2 is 1.92 bits per heavy atom. The van der Waals surface area contributed by atoms with Crippen LogP contribution in [0.5, 0.6) is 0 Å². The topological polar surface area (TPSA) is 131 Å². The number of sulfonamides is 1. The molecule has 9 nitrogen and oxygen atoms in total. The van der Waals surface area contributed by atoms with Gasteiger partial charge in [0.05, 0.1) is 15.5 Å². The van der Waals surface area contributed by atoms with Gasteiger partial charge in [-0.05, 0) is 31.7 Å². The monoisotopic (exact) mass is 405 g/mol. The summed E-state index contributed by atoms with van der Waals surface area (Å²) in [6.45, 7) is 1.64. The smallest absolute Gasteiger partial charge is 0.340 e. The molecule has 0 spiro atoms. The third-order valence-corrected chi connectivity index (χ3v) is 4.88. The highest BCUT2D eigenvalue weighted by Crippen LogP contribution is 2.21. The van der Waals surface area contributed by atoms with Gasteiger partial charge in [0.1, 0.15) is 0 Å².